The van der Waals surface area contributed by atoms with Gasteiger partial charge >= 0.3 is 12.1 Å². The summed E-state index contributed by atoms with van der Waals surface area (Å²) in [5.41, 5.74) is -1.37. The molecule has 0 aliphatic rings. The highest BCUT2D eigenvalue weighted by Gasteiger charge is 2.32. The zero-order valence-electron chi connectivity index (χ0n) is 9.15. The number of carbonyl (C=O) groups is 1. The predicted octanol–water partition coefficient (Wildman–Crippen LogP) is 3.19. The third-order valence-electron chi connectivity index (χ3n) is 2.35. The fraction of sp³-hybridized carbons (Fsp3) is 0.0909. The molecule has 4 nitrogen and oxygen atoms in total. The Labute approximate surface area is 119 Å². The summed E-state index contributed by atoms with van der Waals surface area (Å²) in [6, 6.07) is 2.53. The summed E-state index contributed by atoms with van der Waals surface area (Å²) < 4.78 is 39.6. The van der Waals surface area contributed by atoms with Gasteiger partial charge in [0.05, 0.1) is 26.6 Å². The van der Waals surface area contributed by atoms with E-state index < -0.39 is 23.3 Å². The molecule has 1 aromatic heterocycles. The molecule has 1 aromatic carbocycles. The van der Waals surface area contributed by atoms with Crippen LogP contribution in [0.5, 0.6) is 0 Å². The Bertz CT molecular complexity index is 637. The number of aromatic nitrogens is 2. The van der Waals surface area contributed by atoms with Gasteiger partial charge in [0.15, 0.2) is 0 Å². The molecule has 0 fully saturated rings. The monoisotopic (exact) mass is 382 g/mol. The molecule has 0 bridgehead atoms. The van der Waals surface area contributed by atoms with Gasteiger partial charge in [-0.3, -0.25) is 0 Å². The van der Waals surface area contributed by atoms with Crippen LogP contribution in [0.15, 0.2) is 30.6 Å². The number of alkyl halides is 3. The van der Waals surface area contributed by atoms with Crippen molar-refractivity contribution in [3.05, 3.63) is 45.3 Å². The van der Waals surface area contributed by atoms with Gasteiger partial charge in [0, 0.05) is 6.20 Å². The lowest BCUT2D eigenvalue weighted by molar-refractivity contribution is -0.137. The van der Waals surface area contributed by atoms with Crippen molar-refractivity contribution in [2.24, 2.45) is 0 Å². The molecule has 19 heavy (non-hydrogen) atoms. The molecule has 0 atom stereocenters. The number of nitrogens with zero attached hydrogens (tertiary/aromatic N) is 2. The van der Waals surface area contributed by atoms with E-state index in [1.165, 1.54) is 17.1 Å². The van der Waals surface area contributed by atoms with Crippen molar-refractivity contribution in [3.63, 3.8) is 0 Å². The van der Waals surface area contributed by atoms with E-state index in [0.717, 1.165) is 15.7 Å². The second kappa shape index (κ2) is 4.83. The van der Waals surface area contributed by atoms with Crippen LogP contribution in [0.1, 0.15) is 15.9 Å². The van der Waals surface area contributed by atoms with Crippen molar-refractivity contribution in [2.75, 3.05) is 0 Å². The highest BCUT2D eigenvalue weighted by atomic mass is 127. The van der Waals surface area contributed by atoms with Crippen LogP contribution in [0.2, 0.25) is 0 Å². The third kappa shape index (κ3) is 2.88. The SMILES string of the molecule is O=C(O)c1cc(C(F)(F)F)ccc1-n1cc(I)cn1. The van der Waals surface area contributed by atoms with Crippen LogP contribution < -0.4 is 0 Å². The van der Waals surface area contributed by atoms with Gasteiger partial charge in [-0.2, -0.15) is 18.3 Å². The maximum Gasteiger partial charge on any atom is 0.416 e. The molecule has 2 aromatic rings. The van der Waals surface area contributed by atoms with Gasteiger partial charge in [-0.05, 0) is 40.8 Å². The van der Waals surface area contributed by atoms with E-state index in [4.69, 9.17) is 5.11 Å². The zero-order chi connectivity index (χ0) is 14.2. The number of carboxylic acid groups (broad SMARTS) is 1. The van der Waals surface area contributed by atoms with Crippen molar-refractivity contribution in [2.45, 2.75) is 6.18 Å². The third-order valence-corrected chi connectivity index (χ3v) is 2.91. The van der Waals surface area contributed by atoms with Crippen molar-refractivity contribution in [1.29, 1.82) is 0 Å². The first-order chi connectivity index (χ1) is 8.79. The van der Waals surface area contributed by atoms with Crippen LogP contribution in [-0.4, -0.2) is 20.9 Å². The Morgan fingerprint density at radius 3 is 2.53 bits per heavy atom. The first-order valence-electron chi connectivity index (χ1n) is 4.94. The highest BCUT2D eigenvalue weighted by molar-refractivity contribution is 14.1. The van der Waals surface area contributed by atoms with Crippen LogP contribution in [0.3, 0.4) is 0 Å². The molecule has 0 saturated heterocycles. The number of halogens is 4. The van der Waals surface area contributed by atoms with Gasteiger partial charge in [0.1, 0.15) is 0 Å². The van der Waals surface area contributed by atoms with E-state index in [0.29, 0.717) is 6.07 Å². The van der Waals surface area contributed by atoms with Crippen molar-refractivity contribution < 1.29 is 23.1 Å². The molecule has 1 heterocycles. The average molecular weight is 382 g/mol. The Morgan fingerprint density at radius 2 is 2.05 bits per heavy atom. The van der Waals surface area contributed by atoms with Gasteiger partial charge in [-0.15, -0.1) is 0 Å². The van der Waals surface area contributed by atoms with Crippen LogP contribution in [0.25, 0.3) is 5.69 Å². The summed E-state index contributed by atoms with van der Waals surface area (Å²) in [6.45, 7) is 0. The lowest BCUT2D eigenvalue weighted by atomic mass is 10.1. The van der Waals surface area contributed by atoms with Gasteiger partial charge in [0.25, 0.3) is 0 Å². The Balaban J connectivity index is 2.60. The van der Waals surface area contributed by atoms with Crippen molar-refractivity contribution >= 4 is 28.6 Å². The molecule has 1 N–H and O–H groups in total. The second-order valence-corrected chi connectivity index (χ2v) is 4.88. The molecule has 0 radical (unpaired) electrons. The van der Waals surface area contributed by atoms with E-state index >= 15 is 0 Å². The normalized spacial score (nSPS) is 11.6. The molecular weight excluding hydrogens is 376 g/mol. The molecule has 8 heteroatoms. The number of hydrogen-bond acceptors (Lipinski definition) is 2. The minimum atomic E-state index is -4.58. The fourth-order valence-corrected chi connectivity index (χ4v) is 1.90. The van der Waals surface area contributed by atoms with Gasteiger partial charge in [-0.25, -0.2) is 9.48 Å². The average Bonchev–Trinajstić information content (AvgIpc) is 2.73. The van der Waals surface area contributed by atoms with E-state index in [-0.39, 0.29) is 5.69 Å². The van der Waals surface area contributed by atoms with Crippen LogP contribution in [0.4, 0.5) is 13.2 Å². The van der Waals surface area contributed by atoms with E-state index in [1.807, 2.05) is 22.6 Å². The van der Waals surface area contributed by atoms with E-state index in [1.54, 1.807) is 0 Å². The zero-order valence-corrected chi connectivity index (χ0v) is 11.3. The molecule has 0 unspecified atom stereocenters. The van der Waals surface area contributed by atoms with Crippen molar-refractivity contribution in [1.82, 2.24) is 9.78 Å². The minimum absolute atomic E-state index is 0.0865. The molecule has 0 aliphatic heterocycles. The molecular formula is C11H6F3IN2O2. The summed E-state index contributed by atoms with van der Waals surface area (Å²) in [6.07, 6.45) is -1.58. The van der Waals surface area contributed by atoms with Gasteiger partial charge in [0.2, 0.25) is 0 Å². The maximum absolute atomic E-state index is 12.6. The fourth-order valence-electron chi connectivity index (χ4n) is 1.52. The quantitative estimate of drug-likeness (QED) is 0.812. The van der Waals surface area contributed by atoms with Crippen molar-refractivity contribution in [3.8, 4) is 5.69 Å². The molecule has 0 spiro atoms. The molecule has 100 valence electrons. The number of hydrogen-bond donors (Lipinski definition) is 1. The summed E-state index contributed by atoms with van der Waals surface area (Å²) >= 11 is 1.97. The molecule has 0 saturated carbocycles. The van der Waals surface area contributed by atoms with Crippen LogP contribution >= 0.6 is 22.6 Å². The van der Waals surface area contributed by atoms with Crippen LogP contribution in [-0.2, 0) is 6.18 Å². The summed E-state index contributed by atoms with van der Waals surface area (Å²) in [7, 11) is 0. The van der Waals surface area contributed by atoms with E-state index in [2.05, 4.69) is 5.10 Å². The standard InChI is InChI=1S/C11H6F3IN2O2/c12-11(13,14)6-1-2-9(8(3-6)10(18)19)17-5-7(15)4-16-17/h1-5H,(H,18,19). The lowest BCUT2D eigenvalue weighted by Gasteiger charge is -2.11. The number of carboxylic acids is 1. The molecule has 0 aliphatic carbocycles. The minimum Gasteiger partial charge on any atom is -0.478 e. The smallest absolute Gasteiger partial charge is 0.416 e. The van der Waals surface area contributed by atoms with Gasteiger partial charge in [-0.1, -0.05) is 0 Å². The maximum atomic E-state index is 12.6. The molecule has 2 rings (SSSR count). The number of benzene rings is 1. The summed E-state index contributed by atoms with van der Waals surface area (Å²) in [5, 5.41) is 12.9. The second-order valence-electron chi connectivity index (χ2n) is 3.64. The largest absolute Gasteiger partial charge is 0.478 e. The highest BCUT2D eigenvalue weighted by Crippen LogP contribution is 2.31. The Morgan fingerprint density at radius 1 is 1.37 bits per heavy atom. The van der Waals surface area contributed by atoms with Gasteiger partial charge < -0.3 is 5.11 Å². The first-order valence-corrected chi connectivity index (χ1v) is 6.02. The summed E-state index contributed by atoms with van der Waals surface area (Å²) in [5.74, 6) is -1.44. The van der Waals surface area contributed by atoms with E-state index in [9.17, 15) is 18.0 Å². The molecule has 0 amide bonds. The number of aromatic carboxylic acids is 1. The number of rotatable bonds is 2. The Hall–Kier alpha value is -1.58. The summed E-state index contributed by atoms with van der Waals surface area (Å²) in [4.78, 5) is 11.1. The lowest BCUT2D eigenvalue weighted by Crippen LogP contribution is -2.11. The Kier molecular flexibility index (Phi) is 3.52. The predicted molar refractivity (Wildman–Crippen MR) is 68.2 cm³/mol. The topological polar surface area (TPSA) is 55.1 Å². The van der Waals surface area contributed by atoms with Crippen LogP contribution in [0, 0.1) is 3.57 Å². The first kappa shape index (κ1) is 13.8.